The lowest BCUT2D eigenvalue weighted by atomic mass is 10.0. The predicted molar refractivity (Wildman–Crippen MR) is 128 cm³/mol. The van der Waals surface area contributed by atoms with Gasteiger partial charge in [-0.3, -0.25) is 4.79 Å². The fourth-order valence-corrected chi connectivity index (χ4v) is 5.26. The molecule has 5 atom stereocenters. The highest BCUT2D eigenvalue weighted by Gasteiger charge is 2.41. The van der Waals surface area contributed by atoms with E-state index in [0.29, 0.717) is 35.8 Å². The molecule has 0 radical (unpaired) electrons. The molecule has 1 saturated carbocycles. The number of unbranched alkanes of at least 4 members (excludes halogenated alkanes) is 1. The first-order valence-corrected chi connectivity index (χ1v) is 12.6. The first-order chi connectivity index (χ1) is 15.3. The Labute approximate surface area is 200 Å². The highest BCUT2D eigenvalue weighted by atomic mass is 35.5. The number of hydrogen-bond donors (Lipinski definition) is 3. The molecule has 0 spiro atoms. The second-order valence-corrected chi connectivity index (χ2v) is 10.0. The molecule has 0 amide bonds. The van der Waals surface area contributed by atoms with Crippen LogP contribution in [0.25, 0.3) is 0 Å². The van der Waals surface area contributed by atoms with E-state index in [9.17, 15) is 20.1 Å². The number of halogens is 1. The molecule has 32 heavy (non-hydrogen) atoms. The average molecular weight is 487 g/mol. The molecule has 0 heterocycles. The van der Waals surface area contributed by atoms with Crippen molar-refractivity contribution in [1.29, 1.82) is 0 Å². The molecule has 1 aromatic carbocycles. The number of rotatable bonds is 13. The SMILES string of the molecule is CC(C)OC(=O)CCC/C=C\C[C@@H]1[C@@H](SC[C@@H](O)COc2cccc(Cl)c2)[C@H](O)C[C@@H]1O. The van der Waals surface area contributed by atoms with Crippen molar-refractivity contribution in [3.8, 4) is 5.75 Å². The van der Waals surface area contributed by atoms with E-state index < -0.39 is 18.3 Å². The van der Waals surface area contributed by atoms with E-state index in [4.69, 9.17) is 21.1 Å². The van der Waals surface area contributed by atoms with Crippen LogP contribution >= 0.6 is 23.4 Å². The van der Waals surface area contributed by atoms with Gasteiger partial charge in [0.05, 0.1) is 24.4 Å². The fourth-order valence-electron chi connectivity index (χ4n) is 3.66. The van der Waals surface area contributed by atoms with Gasteiger partial charge in [0.25, 0.3) is 0 Å². The zero-order valence-corrected chi connectivity index (χ0v) is 20.3. The average Bonchev–Trinajstić information content (AvgIpc) is 2.99. The zero-order chi connectivity index (χ0) is 23.5. The van der Waals surface area contributed by atoms with Crippen LogP contribution in [0.1, 0.15) is 46.0 Å². The minimum absolute atomic E-state index is 0.0850. The third-order valence-electron chi connectivity index (χ3n) is 5.19. The monoisotopic (exact) mass is 486 g/mol. The van der Waals surface area contributed by atoms with E-state index in [1.54, 1.807) is 24.3 Å². The summed E-state index contributed by atoms with van der Waals surface area (Å²) >= 11 is 7.40. The maximum Gasteiger partial charge on any atom is 0.306 e. The van der Waals surface area contributed by atoms with Crippen molar-refractivity contribution in [1.82, 2.24) is 0 Å². The van der Waals surface area contributed by atoms with Crippen molar-refractivity contribution in [3.63, 3.8) is 0 Å². The van der Waals surface area contributed by atoms with Gasteiger partial charge in [-0.05, 0) is 51.3 Å². The lowest BCUT2D eigenvalue weighted by molar-refractivity contribution is -0.147. The number of aliphatic hydroxyl groups excluding tert-OH is 3. The van der Waals surface area contributed by atoms with E-state index in [1.165, 1.54) is 11.8 Å². The summed E-state index contributed by atoms with van der Waals surface area (Å²) in [5.74, 6) is 0.723. The van der Waals surface area contributed by atoms with Crippen LogP contribution in [-0.2, 0) is 9.53 Å². The van der Waals surface area contributed by atoms with Crippen LogP contribution in [0, 0.1) is 5.92 Å². The maximum atomic E-state index is 11.5. The maximum absolute atomic E-state index is 11.5. The topological polar surface area (TPSA) is 96.2 Å². The number of esters is 1. The number of allylic oxidation sites excluding steroid dienone is 2. The van der Waals surface area contributed by atoms with Gasteiger partial charge in [-0.15, -0.1) is 0 Å². The lowest BCUT2D eigenvalue weighted by Gasteiger charge is -2.23. The summed E-state index contributed by atoms with van der Waals surface area (Å²) in [6.45, 7) is 3.79. The molecule has 3 N–H and O–H groups in total. The minimum atomic E-state index is -0.703. The molecule has 2 rings (SSSR count). The van der Waals surface area contributed by atoms with E-state index >= 15 is 0 Å². The smallest absolute Gasteiger partial charge is 0.306 e. The lowest BCUT2D eigenvalue weighted by Crippen LogP contribution is -2.28. The largest absolute Gasteiger partial charge is 0.491 e. The molecule has 1 aromatic rings. The van der Waals surface area contributed by atoms with E-state index in [-0.39, 0.29) is 29.8 Å². The summed E-state index contributed by atoms with van der Waals surface area (Å²) in [7, 11) is 0. The predicted octanol–water partition coefficient (Wildman–Crippen LogP) is 3.99. The van der Waals surface area contributed by atoms with Gasteiger partial charge in [0.15, 0.2) is 0 Å². The summed E-state index contributed by atoms with van der Waals surface area (Å²) in [6.07, 6.45) is 4.88. The third-order valence-corrected chi connectivity index (χ3v) is 7.05. The molecule has 1 aliphatic carbocycles. The number of benzene rings is 1. The van der Waals surface area contributed by atoms with Crippen molar-refractivity contribution in [2.75, 3.05) is 12.4 Å². The van der Waals surface area contributed by atoms with Crippen molar-refractivity contribution in [2.24, 2.45) is 5.92 Å². The van der Waals surface area contributed by atoms with Gasteiger partial charge in [0.2, 0.25) is 0 Å². The Bertz CT molecular complexity index is 728. The number of hydrogen-bond acceptors (Lipinski definition) is 7. The highest BCUT2D eigenvalue weighted by molar-refractivity contribution is 8.00. The van der Waals surface area contributed by atoms with Crippen LogP contribution in [0.2, 0.25) is 5.02 Å². The molecule has 1 aliphatic rings. The van der Waals surface area contributed by atoms with Crippen molar-refractivity contribution >= 4 is 29.3 Å². The highest BCUT2D eigenvalue weighted by Crippen LogP contribution is 2.38. The Morgan fingerprint density at radius 2 is 2.06 bits per heavy atom. The van der Waals surface area contributed by atoms with Gasteiger partial charge < -0.3 is 24.8 Å². The van der Waals surface area contributed by atoms with Gasteiger partial charge in [0, 0.05) is 34.8 Å². The number of carbonyl (C=O) groups is 1. The summed E-state index contributed by atoms with van der Waals surface area (Å²) < 4.78 is 10.7. The number of ether oxygens (including phenoxy) is 2. The molecular weight excluding hydrogens is 452 g/mol. The summed E-state index contributed by atoms with van der Waals surface area (Å²) in [5, 5.41) is 31.4. The van der Waals surface area contributed by atoms with Crippen molar-refractivity contribution in [3.05, 3.63) is 41.4 Å². The summed E-state index contributed by atoms with van der Waals surface area (Å²) in [5.41, 5.74) is 0. The molecular formula is C24H35ClO6S. The van der Waals surface area contributed by atoms with E-state index in [2.05, 4.69) is 0 Å². The Kier molecular flexibility index (Phi) is 11.9. The van der Waals surface area contributed by atoms with Crippen LogP contribution in [-0.4, -0.2) is 63.3 Å². The normalized spacial score (nSPS) is 24.2. The van der Waals surface area contributed by atoms with Crippen LogP contribution in [0.3, 0.4) is 0 Å². The Hall–Kier alpha value is -1.25. The molecule has 180 valence electrons. The Morgan fingerprint density at radius 3 is 2.78 bits per heavy atom. The Morgan fingerprint density at radius 1 is 1.28 bits per heavy atom. The second kappa shape index (κ2) is 14.1. The molecule has 8 heteroatoms. The Balaban J connectivity index is 1.72. The van der Waals surface area contributed by atoms with Gasteiger partial charge in [0.1, 0.15) is 12.4 Å². The quantitative estimate of drug-likeness (QED) is 0.220. The summed E-state index contributed by atoms with van der Waals surface area (Å²) in [6, 6.07) is 7.00. The molecule has 1 fully saturated rings. The van der Waals surface area contributed by atoms with Gasteiger partial charge in [-0.1, -0.05) is 29.8 Å². The minimum Gasteiger partial charge on any atom is -0.491 e. The van der Waals surface area contributed by atoms with Gasteiger partial charge in [-0.25, -0.2) is 0 Å². The van der Waals surface area contributed by atoms with Crippen LogP contribution in [0.4, 0.5) is 0 Å². The van der Waals surface area contributed by atoms with Crippen LogP contribution in [0.15, 0.2) is 36.4 Å². The third kappa shape index (κ3) is 9.71. The fraction of sp³-hybridized carbons (Fsp3) is 0.625. The first kappa shape index (κ1) is 27.0. The molecule has 0 bridgehead atoms. The summed E-state index contributed by atoms with van der Waals surface area (Å²) in [4.78, 5) is 11.5. The molecule has 0 unspecified atom stereocenters. The van der Waals surface area contributed by atoms with Crippen LogP contribution in [0.5, 0.6) is 5.75 Å². The standard InChI is InChI=1S/C24H35ClO6S/c1-16(2)31-23(29)11-6-4-3-5-10-20-21(27)13-22(28)24(20)32-15-18(26)14-30-19-9-7-8-17(25)12-19/h3,5,7-9,12,16,18,20-22,24,26-28H,4,6,10-11,13-15H2,1-2H3/b5-3-/t18-,20-,21-,22+,24+/m0/s1. The molecule has 6 nitrogen and oxygen atoms in total. The van der Waals surface area contributed by atoms with Crippen molar-refractivity contribution in [2.45, 2.75) is 75.6 Å². The zero-order valence-electron chi connectivity index (χ0n) is 18.7. The molecule has 0 saturated heterocycles. The van der Waals surface area contributed by atoms with Crippen LogP contribution < -0.4 is 4.74 Å². The van der Waals surface area contributed by atoms with E-state index in [0.717, 1.165) is 12.8 Å². The first-order valence-electron chi connectivity index (χ1n) is 11.1. The number of carbonyl (C=O) groups excluding carboxylic acids is 1. The number of thioether (sulfide) groups is 1. The van der Waals surface area contributed by atoms with Gasteiger partial charge in [-0.2, -0.15) is 11.8 Å². The second-order valence-electron chi connectivity index (χ2n) is 8.39. The van der Waals surface area contributed by atoms with Gasteiger partial charge >= 0.3 is 5.97 Å². The molecule has 0 aromatic heterocycles. The molecule has 0 aliphatic heterocycles. The number of aliphatic hydroxyl groups is 3. The van der Waals surface area contributed by atoms with E-state index in [1.807, 2.05) is 26.0 Å². The van der Waals surface area contributed by atoms with Crippen molar-refractivity contribution < 1.29 is 29.6 Å².